The van der Waals surface area contributed by atoms with E-state index in [9.17, 15) is 23.4 Å². The molecule has 242 valence electrons. The number of aliphatic hydroxyl groups is 2. The molecule has 0 aliphatic heterocycles. The Morgan fingerprint density at radius 1 is 0.881 bits per heavy atom. The molecule has 5 saturated carbocycles. The summed E-state index contributed by atoms with van der Waals surface area (Å²) >= 11 is 0. The van der Waals surface area contributed by atoms with E-state index < -0.39 is 20.3 Å². The zero-order chi connectivity index (χ0) is 30.9. The third-order valence-electron chi connectivity index (χ3n) is 15.4. The Kier molecular flexibility index (Phi) is 8.80. The number of carbonyl (C=O) groups is 1. The van der Waals surface area contributed by atoms with Crippen LogP contribution in [0.2, 0.25) is 0 Å². The molecule has 11 atom stereocenters. The number of sulfone groups is 1. The molecule has 0 aromatic rings. The zero-order valence-corrected chi connectivity index (χ0v) is 28.5. The highest BCUT2D eigenvalue weighted by Gasteiger charge is 2.71. The molecule has 5 aliphatic rings. The standard InChI is InChI=1S/C35H61NO5S/c1-8-26-28-22-24(37)14-17-33(28,4)35(6)20-19-34(5)27(29(35)30(26)38)15-18-32(34,3)23(2)16-21-36(7)31(39)42(40,41)25-12-10-9-11-13-25/h23-30,37-38H,8-22H2,1-7H3/t23-,24-,26-,27+,28?,29?,30-,32-,33?,34?,35+/m1/s1. The quantitative estimate of drug-likeness (QED) is 0.332. The minimum atomic E-state index is -3.78. The summed E-state index contributed by atoms with van der Waals surface area (Å²) < 4.78 is 26.2. The van der Waals surface area contributed by atoms with Crippen molar-refractivity contribution in [2.75, 3.05) is 13.6 Å². The molecule has 42 heavy (non-hydrogen) atoms. The van der Waals surface area contributed by atoms with Gasteiger partial charge < -0.3 is 15.1 Å². The second-order valence-corrected chi connectivity index (χ2v) is 18.7. The number of rotatable bonds is 6. The van der Waals surface area contributed by atoms with Gasteiger partial charge in [0.05, 0.1) is 17.5 Å². The number of nitrogens with zero attached hydrogens (tertiary/aromatic N) is 1. The van der Waals surface area contributed by atoms with Gasteiger partial charge in [-0.3, -0.25) is 4.79 Å². The molecule has 0 heterocycles. The maximum atomic E-state index is 13.1. The van der Waals surface area contributed by atoms with E-state index in [1.807, 2.05) is 0 Å². The van der Waals surface area contributed by atoms with Gasteiger partial charge in [-0.2, -0.15) is 0 Å². The number of hydrogen-bond donors (Lipinski definition) is 2. The molecule has 7 heteroatoms. The second-order valence-electron chi connectivity index (χ2n) is 16.6. The summed E-state index contributed by atoms with van der Waals surface area (Å²) in [5.74, 6) is 1.65. The first-order chi connectivity index (χ1) is 19.6. The van der Waals surface area contributed by atoms with Crippen molar-refractivity contribution in [1.29, 1.82) is 0 Å². The number of fused-ring (bicyclic) bond motifs is 5. The fraction of sp³-hybridized carbons (Fsp3) is 0.971. The van der Waals surface area contributed by atoms with Crippen LogP contribution in [0, 0.1) is 51.2 Å². The Balaban J connectivity index is 1.34. The lowest BCUT2D eigenvalue weighted by atomic mass is 9.35. The normalized spacial score (nSPS) is 46.8. The van der Waals surface area contributed by atoms with E-state index in [-0.39, 0.29) is 45.7 Å². The van der Waals surface area contributed by atoms with E-state index in [1.165, 1.54) is 4.90 Å². The highest BCUT2D eigenvalue weighted by Crippen LogP contribution is 2.76. The molecule has 0 saturated heterocycles. The van der Waals surface area contributed by atoms with E-state index in [2.05, 4.69) is 41.5 Å². The summed E-state index contributed by atoms with van der Waals surface area (Å²) in [4.78, 5) is 14.6. The van der Waals surface area contributed by atoms with Crippen LogP contribution in [-0.2, 0) is 9.84 Å². The fourth-order valence-corrected chi connectivity index (χ4v) is 13.8. The average Bonchev–Trinajstić information content (AvgIpc) is 3.24. The molecule has 6 nitrogen and oxygen atoms in total. The van der Waals surface area contributed by atoms with Crippen molar-refractivity contribution >= 4 is 15.1 Å². The van der Waals surface area contributed by atoms with Gasteiger partial charge in [0.1, 0.15) is 0 Å². The van der Waals surface area contributed by atoms with Crippen LogP contribution >= 0.6 is 0 Å². The van der Waals surface area contributed by atoms with Gasteiger partial charge in [0, 0.05) is 13.6 Å². The maximum Gasteiger partial charge on any atom is 0.338 e. The van der Waals surface area contributed by atoms with E-state index in [4.69, 9.17) is 0 Å². The van der Waals surface area contributed by atoms with Crippen LogP contribution < -0.4 is 0 Å². The summed E-state index contributed by atoms with van der Waals surface area (Å²) in [7, 11) is -2.11. The van der Waals surface area contributed by atoms with Crippen molar-refractivity contribution in [3.8, 4) is 0 Å². The van der Waals surface area contributed by atoms with Gasteiger partial charge in [-0.1, -0.05) is 67.2 Å². The molecule has 0 aromatic heterocycles. The molecule has 5 aliphatic carbocycles. The Morgan fingerprint density at radius 3 is 2.17 bits per heavy atom. The van der Waals surface area contributed by atoms with Crippen molar-refractivity contribution in [2.24, 2.45) is 51.2 Å². The van der Waals surface area contributed by atoms with Crippen molar-refractivity contribution in [3.05, 3.63) is 0 Å². The van der Waals surface area contributed by atoms with Crippen molar-refractivity contribution < 1.29 is 23.4 Å². The fourth-order valence-electron chi connectivity index (χ4n) is 12.0. The molecular weight excluding hydrogens is 546 g/mol. The van der Waals surface area contributed by atoms with Gasteiger partial charge in [0.2, 0.25) is 9.84 Å². The van der Waals surface area contributed by atoms with Gasteiger partial charge in [-0.25, -0.2) is 8.42 Å². The minimum Gasteiger partial charge on any atom is -0.393 e. The molecule has 0 radical (unpaired) electrons. The topological polar surface area (TPSA) is 94.9 Å². The number of hydrogen-bond acceptors (Lipinski definition) is 5. The van der Waals surface area contributed by atoms with Crippen LogP contribution in [0.4, 0.5) is 4.79 Å². The molecule has 5 fully saturated rings. The van der Waals surface area contributed by atoms with Gasteiger partial charge in [-0.05, 0) is 115 Å². The average molecular weight is 608 g/mol. The van der Waals surface area contributed by atoms with Crippen molar-refractivity contribution in [3.63, 3.8) is 0 Å². The number of aliphatic hydroxyl groups excluding tert-OH is 2. The molecule has 0 spiro atoms. The smallest absolute Gasteiger partial charge is 0.338 e. The molecular formula is C35H61NO5S. The second kappa shape index (κ2) is 11.3. The molecule has 4 unspecified atom stereocenters. The molecule has 5 rings (SSSR count). The summed E-state index contributed by atoms with van der Waals surface area (Å²) in [6.45, 7) is 15.0. The Hall–Kier alpha value is -0.660. The van der Waals surface area contributed by atoms with Gasteiger partial charge in [0.25, 0.3) is 0 Å². The molecule has 1 amide bonds. The highest BCUT2D eigenvalue weighted by molar-refractivity contribution is 8.06. The van der Waals surface area contributed by atoms with Crippen LogP contribution in [0.3, 0.4) is 0 Å². The van der Waals surface area contributed by atoms with Crippen LogP contribution in [0.25, 0.3) is 0 Å². The lowest BCUT2D eigenvalue weighted by Crippen LogP contribution is -2.67. The molecule has 2 N–H and O–H groups in total. The minimum absolute atomic E-state index is 0.0572. The highest BCUT2D eigenvalue weighted by atomic mass is 32.2. The first kappa shape index (κ1) is 32.7. The van der Waals surface area contributed by atoms with E-state index in [1.54, 1.807) is 7.05 Å². The van der Waals surface area contributed by atoms with Crippen LogP contribution in [0.15, 0.2) is 0 Å². The Bertz CT molecular complexity index is 1120. The van der Waals surface area contributed by atoms with Crippen molar-refractivity contribution in [2.45, 2.75) is 149 Å². The Labute approximate surface area is 256 Å². The summed E-state index contributed by atoms with van der Waals surface area (Å²) in [5.41, 5.74) is 0.342. The first-order valence-electron chi connectivity index (χ1n) is 17.4. The molecule has 0 aromatic carbocycles. The number of carbonyl (C=O) groups excluding carboxylic acids is 1. The summed E-state index contributed by atoms with van der Waals surface area (Å²) in [6.07, 6.45) is 12.5. The summed E-state index contributed by atoms with van der Waals surface area (Å²) in [5, 5.41) is 21.6. The van der Waals surface area contributed by atoms with Crippen molar-refractivity contribution in [1.82, 2.24) is 4.90 Å². The van der Waals surface area contributed by atoms with E-state index in [0.717, 1.165) is 77.0 Å². The third-order valence-corrected chi connectivity index (χ3v) is 17.6. The Morgan fingerprint density at radius 2 is 1.52 bits per heavy atom. The first-order valence-corrected chi connectivity index (χ1v) is 19.0. The van der Waals surface area contributed by atoms with Crippen LogP contribution in [-0.4, -0.2) is 59.8 Å². The molecule has 0 bridgehead atoms. The van der Waals surface area contributed by atoms with Crippen LogP contribution in [0.5, 0.6) is 0 Å². The zero-order valence-electron chi connectivity index (χ0n) is 27.7. The summed E-state index contributed by atoms with van der Waals surface area (Å²) in [6, 6.07) is 0. The van der Waals surface area contributed by atoms with E-state index in [0.29, 0.717) is 37.1 Å². The predicted octanol–water partition coefficient (Wildman–Crippen LogP) is 7.22. The number of amides is 1. The van der Waals surface area contributed by atoms with Crippen LogP contribution in [0.1, 0.15) is 131 Å². The largest absolute Gasteiger partial charge is 0.393 e. The predicted molar refractivity (Wildman–Crippen MR) is 169 cm³/mol. The van der Waals surface area contributed by atoms with Gasteiger partial charge in [0.15, 0.2) is 0 Å². The van der Waals surface area contributed by atoms with E-state index >= 15 is 0 Å². The third kappa shape index (κ3) is 4.66. The maximum absolute atomic E-state index is 13.1. The SMILES string of the molecule is CC[C@@H]1C2C[C@H](O)CCC2(C)[C@@]2(C)CCC3(C)[C@@H](CC[C@]3(C)[C@H](C)CCN(C)C(=O)S(=O)(=O)C3CCCCC3)C2[C@@H]1O. The van der Waals surface area contributed by atoms with Gasteiger partial charge in [-0.15, -0.1) is 0 Å². The lowest BCUT2D eigenvalue weighted by Gasteiger charge is -2.70. The lowest BCUT2D eigenvalue weighted by molar-refractivity contribution is -0.253. The van der Waals surface area contributed by atoms with Gasteiger partial charge >= 0.3 is 5.24 Å². The monoisotopic (exact) mass is 607 g/mol.